The third kappa shape index (κ3) is 2.01. The fraction of sp³-hybridized carbons (Fsp3) is 0.714. The van der Waals surface area contributed by atoms with Crippen LogP contribution in [0.15, 0.2) is 0 Å². The van der Waals surface area contributed by atoms with Gasteiger partial charge < -0.3 is 10.1 Å². The molecule has 4 heteroatoms. The average molecular weight is 156 g/mol. The molecule has 4 nitrogen and oxygen atoms in total. The summed E-state index contributed by atoms with van der Waals surface area (Å²) in [4.78, 5) is 22.8. The van der Waals surface area contributed by atoms with E-state index in [1.807, 2.05) is 11.8 Å². The second kappa shape index (κ2) is 3.48. The third-order valence-corrected chi connectivity index (χ3v) is 1.87. The van der Waals surface area contributed by atoms with E-state index in [4.69, 9.17) is 0 Å². The number of hydrogen-bond acceptors (Lipinski definition) is 3. The van der Waals surface area contributed by atoms with Crippen LogP contribution in [0.3, 0.4) is 0 Å². The number of carbonyl (C=O) groups excluding carboxylic acids is 2. The van der Waals surface area contributed by atoms with E-state index in [0.29, 0.717) is 19.6 Å². The molecule has 1 aliphatic heterocycles. The van der Waals surface area contributed by atoms with E-state index in [1.165, 1.54) is 0 Å². The molecule has 1 unspecified atom stereocenters. The van der Waals surface area contributed by atoms with E-state index in [2.05, 4.69) is 5.32 Å². The Bertz CT molecular complexity index is 170. The van der Waals surface area contributed by atoms with E-state index in [9.17, 15) is 9.59 Å². The molecule has 0 spiro atoms. The monoisotopic (exact) mass is 156 g/mol. The molecule has 1 fully saturated rings. The fourth-order valence-electron chi connectivity index (χ4n) is 1.13. The first-order valence-electron chi connectivity index (χ1n) is 3.68. The summed E-state index contributed by atoms with van der Waals surface area (Å²) >= 11 is 0. The first-order chi connectivity index (χ1) is 5.24. The number of nitrogens with one attached hydrogen (secondary N) is 1. The van der Waals surface area contributed by atoms with Gasteiger partial charge >= 0.3 is 0 Å². The van der Waals surface area contributed by atoms with Gasteiger partial charge in [-0.15, -0.1) is 0 Å². The maximum atomic E-state index is 10.8. The van der Waals surface area contributed by atoms with Gasteiger partial charge in [0, 0.05) is 12.6 Å². The molecule has 0 radical (unpaired) electrons. The molecule has 0 aromatic heterocycles. The number of aldehydes is 1. The van der Waals surface area contributed by atoms with Crippen LogP contribution in [0.25, 0.3) is 0 Å². The van der Waals surface area contributed by atoms with E-state index in [0.717, 1.165) is 6.29 Å². The Morgan fingerprint density at radius 2 is 2.55 bits per heavy atom. The highest BCUT2D eigenvalue weighted by Crippen LogP contribution is 2.00. The highest BCUT2D eigenvalue weighted by Gasteiger charge is 2.21. The molecule has 0 aromatic rings. The van der Waals surface area contributed by atoms with Gasteiger partial charge in [-0.2, -0.15) is 0 Å². The molecule has 1 heterocycles. The second-order valence-electron chi connectivity index (χ2n) is 2.75. The number of amides is 1. The lowest BCUT2D eigenvalue weighted by Crippen LogP contribution is -2.53. The van der Waals surface area contributed by atoms with Crippen LogP contribution in [0.4, 0.5) is 0 Å². The second-order valence-corrected chi connectivity index (χ2v) is 2.75. The lowest BCUT2D eigenvalue weighted by Gasteiger charge is -2.31. The Balaban J connectivity index is 2.46. The zero-order valence-corrected chi connectivity index (χ0v) is 6.54. The molecule has 0 bridgehead atoms. The van der Waals surface area contributed by atoms with Crippen LogP contribution >= 0.6 is 0 Å². The Labute approximate surface area is 65.6 Å². The summed E-state index contributed by atoms with van der Waals surface area (Å²) in [6, 6.07) is 0.276. The number of piperazine rings is 1. The SMILES string of the molecule is CC1CNC(=O)CN1CC=O. The summed E-state index contributed by atoms with van der Waals surface area (Å²) in [7, 11) is 0. The van der Waals surface area contributed by atoms with Gasteiger partial charge in [-0.25, -0.2) is 0 Å². The van der Waals surface area contributed by atoms with Crippen molar-refractivity contribution in [2.75, 3.05) is 19.6 Å². The van der Waals surface area contributed by atoms with Gasteiger partial charge in [-0.05, 0) is 6.92 Å². The molecule has 0 saturated carbocycles. The van der Waals surface area contributed by atoms with Crippen LogP contribution in [-0.2, 0) is 9.59 Å². The van der Waals surface area contributed by atoms with Gasteiger partial charge in [0.1, 0.15) is 6.29 Å². The zero-order chi connectivity index (χ0) is 8.27. The van der Waals surface area contributed by atoms with Crippen molar-refractivity contribution in [3.8, 4) is 0 Å². The van der Waals surface area contributed by atoms with E-state index >= 15 is 0 Å². The Morgan fingerprint density at radius 1 is 1.82 bits per heavy atom. The van der Waals surface area contributed by atoms with Crippen molar-refractivity contribution in [3.05, 3.63) is 0 Å². The van der Waals surface area contributed by atoms with Gasteiger partial charge in [0.15, 0.2) is 0 Å². The van der Waals surface area contributed by atoms with E-state index in [1.54, 1.807) is 0 Å². The minimum absolute atomic E-state index is 0.00458. The predicted molar refractivity (Wildman–Crippen MR) is 40.1 cm³/mol. The summed E-state index contributed by atoms with van der Waals surface area (Å²) in [5.41, 5.74) is 0. The molecule has 1 amide bonds. The molecule has 0 aliphatic carbocycles. The van der Waals surface area contributed by atoms with Crippen molar-refractivity contribution < 1.29 is 9.59 Å². The Kier molecular flexibility index (Phi) is 2.59. The third-order valence-electron chi connectivity index (χ3n) is 1.87. The quantitative estimate of drug-likeness (QED) is 0.522. The lowest BCUT2D eigenvalue weighted by molar-refractivity contribution is -0.125. The van der Waals surface area contributed by atoms with E-state index in [-0.39, 0.29) is 11.9 Å². The van der Waals surface area contributed by atoms with Crippen LogP contribution < -0.4 is 5.32 Å². The standard InChI is InChI=1S/C7H12N2O2/c1-6-4-8-7(11)5-9(6)2-3-10/h3,6H,2,4-5H2,1H3,(H,8,11). The fourth-order valence-corrected chi connectivity index (χ4v) is 1.13. The van der Waals surface area contributed by atoms with Gasteiger partial charge in [0.05, 0.1) is 13.1 Å². The molecule has 1 atom stereocenters. The van der Waals surface area contributed by atoms with Gasteiger partial charge in [-0.3, -0.25) is 9.69 Å². The topological polar surface area (TPSA) is 49.4 Å². The molecule has 1 aliphatic rings. The van der Waals surface area contributed by atoms with Crippen LogP contribution in [0.1, 0.15) is 6.92 Å². The van der Waals surface area contributed by atoms with Crippen molar-refractivity contribution >= 4 is 12.2 Å². The van der Waals surface area contributed by atoms with E-state index < -0.39 is 0 Å². The summed E-state index contributed by atoms with van der Waals surface area (Å²) in [5.74, 6) is 0.00458. The van der Waals surface area contributed by atoms with Gasteiger partial charge in [-0.1, -0.05) is 0 Å². The van der Waals surface area contributed by atoms with Crippen molar-refractivity contribution in [2.45, 2.75) is 13.0 Å². The summed E-state index contributed by atoms with van der Waals surface area (Å²) in [5, 5.41) is 2.72. The highest BCUT2D eigenvalue weighted by atomic mass is 16.2. The summed E-state index contributed by atoms with van der Waals surface area (Å²) < 4.78 is 0. The first-order valence-corrected chi connectivity index (χ1v) is 3.68. The Hall–Kier alpha value is -0.900. The Morgan fingerprint density at radius 3 is 3.18 bits per heavy atom. The molecular weight excluding hydrogens is 144 g/mol. The highest BCUT2D eigenvalue weighted by molar-refractivity contribution is 5.79. The molecule has 1 N–H and O–H groups in total. The maximum absolute atomic E-state index is 10.8. The minimum atomic E-state index is 0.00458. The largest absolute Gasteiger partial charge is 0.353 e. The van der Waals surface area contributed by atoms with Crippen LogP contribution in [0, 0.1) is 0 Å². The number of carbonyl (C=O) groups is 2. The summed E-state index contributed by atoms with van der Waals surface area (Å²) in [6.45, 7) is 3.34. The van der Waals surface area contributed by atoms with Crippen molar-refractivity contribution in [1.29, 1.82) is 0 Å². The van der Waals surface area contributed by atoms with Crippen LogP contribution in [0.5, 0.6) is 0 Å². The minimum Gasteiger partial charge on any atom is -0.353 e. The van der Waals surface area contributed by atoms with Crippen molar-refractivity contribution in [2.24, 2.45) is 0 Å². The molecule has 1 saturated heterocycles. The lowest BCUT2D eigenvalue weighted by atomic mass is 10.2. The molecule has 62 valence electrons. The predicted octanol–water partition coefficient (Wildman–Crippen LogP) is -0.994. The normalized spacial score (nSPS) is 26.3. The van der Waals surface area contributed by atoms with Crippen molar-refractivity contribution in [1.82, 2.24) is 10.2 Å². The average Bonchev–Trinajstić information content (AvgIpc) is 1.98. The number of rotatable bonds is 2. The first kappa shape index (κ1) is 8.20. The van der Waals surface area contributed by atoms with Crippen LogP contribution in [0.2, 0.25) is 0 Å². The van der Waals surface area contributed by atoms with Crippen molar-refractivity contribution in [3.63, 3.8) is 0 Å². The van der Waals surface area contributed by atoms with Crippen LogP contribution in [-0.4, -0.2) is 42.8 Å². The maximum Gasteiger partial charge on any atom is 0.234 e. The summed E-state index contributed by atoms with van der Waals surface area (Å²) in [6.07, 6.45) is 0.828. The molecule has 11 heavy (non-hydrogen) atoms. The van der Waals surface area contributed by atoms with Gasteiger partial charge in [0.2, 0.25) is 5.91 Å². The smallest absolute Gasteiger partial charge is 0.234 e. The molecule has 1 rings (SSSR count). The molecule has 0 aromatic carbocycles. The number of nitrogens with zero attached hydrogens (tertiary/aromatic N) is 1. The molecular formula is C7H12N2O2. The zero-order valence-electron chi connectivity index (χ0n) is 6.54. The van der Waals surface area contributed by atoms with Gasteiger partial charge in [0.25, 0.3) is 0 Å². The number of hydrogen-bond donors (Lipinski definition) is 1.